The van der Waals surface area contributed by atoms with Crippen molar-refractivity contribution in [2.75, 3.05) is 0 Å². The van der Waals surface area contributed by atoms with Gasteiger partial charge in [0.05, 0.1) is 11.9 Å². The van der Waals surface area contributed by atoms with E-state index in [4.69, 9.17) is 13.6 Å². The molecule has 0 fully saturated rings. The topological polar surface area (TPSA) is 100 Å². The molecule has 0 spiro atoms. The lowest BCUT2D eigenvalue weighted by molar-refractivity contribution is -0.149. The van der Waals surface area contributed by atoms with E-state index in [0.29, 0.717) is 17.0 Å². The first kappa shape index (κ1) is 18.7. The molecule has 2 aromatic heterocycles. The van der Waals surface area contributed by atoms with Gasteiger partial charge in [-0.25, -0.2) is 4.79 Å². The fraction of sp³-hybridized carbons (Fsp3) is 0.238. The summed E-state index contributed by atoms with van der Waals surface area (Å²) >= 11 is 0. The number of ether oxygens (including phenoxy) is 1. The lowest BCUT2D eigenvalue weighted by Crippen LogP contribution is -2.18. The van der Waals surface area contributed by atoms with Crippen LogP contribution in [0.1, 0.15) is 30.9 Å². The number of hydrogen-bond donors (Lipinski definition) is 0. The molecule has 0 bridgehead atoms. The van der Waals surface area contributed by atoms with Crippen molar-refractivity contribution in [2.24, 2.45) is 0 Å². The molecule has 4 aromatic rings. The second kappa shape index (κ2) is 7.75. The molecule has 2 aromatic carbocycles. The Morgan fingerprint density at radius 2 is 1.86 bits per heavy atom. The molecule has 0 saturated heterocycles. The van der Waals surface area contributed by atoms with E-state index in [2.05, 4.69) is 10.2 Å². The van der Waals surface area contributed by atoms with Crippen LogP contribution < -0.4 is 5.76 Å². The third-order valence-corrected chi connectivity index (χ3v) is 4.51. The van der Waals surface area contributed by atoms with Crippen LogP contribution in [-0.4, -0.2) is 20.7 Å². The minimum absolute atomic E-state index is 0.00668. The number of benzene rings is 2. The minimum Gasteiger partial charge on any atom is -0.453 e. The first-order valence-electron chi connectivity index (χ1n) is 9.19. The Morgan fingerprint density at radius 3 is 2.66 bits per heavy atom. The Kier molecular flexibility index (Phi) is 4.99. The highest BCUT2D eigenvalue weighted by Crippen LogP contribution is 2.23. The standard InChI is InChI=1S/C21H19N3O5/c1-13-7-9-15(10-8-13)20-23-22-19(29-20)14(2)27-18(25)11-12-24-16-5-3-4-6-17(16)28-21(24)26/h3-10,14H,11-12H2,1-2H3/t14-/m1/s1. The first-order chi connectivity index (χ1) is 14.0. The van der Waals surface area contributed by atoms with E-state index in [-0.39, 0.29) is 18.9 Å². The van der Waals surface area contributed by atoms with Gasteiger partial charge in [-0.2, -0.15) is 0 Å². The molecule has 0 saturated carbocycles. The van der Waals surface area contributed by atoms with Gasteiger partial charge in [0.1, 0.15) is 0 Å². The van der Waals surface area contributed by atoms with Crippen LogP contribution in [-0.2, 0) is 16.1 Å². The Hall–Kier alpha value is -3.68. The zero-order valence-corrected chi connectivity index (χ0v) is 16.0. The van der Waals surface area contributed by atoms with E-state index in [1.807, 2.05) is 31.2 Å². The Bertz CT molecular complexity index is 1200. The van der Waals surface area contributed by atoms with Crippen molar-refractivity contribution in [3.8, 4) is 11.5 Å². The van der Waals surface area contributed by atoms with Crippen molar-refractivity contribution in [1.82, 2.24) is 14.8 Å². The molecule has 4 rings (SSSR count). The maximum absolute atomic E-state index is 12.2. The number of para-hydroxylation sites is 2. The Morgan fingerprint density at radius 1 is 1.10 bits per heavy atom. The molecule has 0 aliphatic carbocycles. The van der Waals surface area contributed by atoms with Gasteiger partial charge in [-0.15, -0.1) is 10.2 Å². The number of aromatic nitrogens is 3. The van der Waals surface area contributed by atoms with E-state index in [1.54, 1.807) is 31.2 Å². The minimum atomic E-state index is -0.702. The quantitative estimate of drug-likeness (QED) is 0.461. The summed E-state index contributed by atoms with van der Waals surface area (Å²) in [5.74, 6) is -0.421. The predicted octanol–water partition coefficient (Wildman–Crippen LogP) is 3.65. The van der Waals surface area contributed by atoms with Gasteiger partial charge < -0.3 is 13.6 Å². The number of hydrogen-bond acceptors (Lipinski definition) is 7. The summed E-state index contributed by atoms with van der Waals surface area (Å²) in [4.78, 5) is 24.2. The molecule has 29 heavy (non-hydrogen) atoms. The summed E-state index contributed by atoms with van der Waals surface area (Å²) in [6.45, 7) is 3.80. The number of rotatable bonds is 6. The van der Waals surface area contributed by atoms with Gasteiger partial charge in [-0.1, -0.05) is 29.8 Å². The van der Waals surface area contributed by atoms with Gasteiger partial charge >= 0.3 is 11.7 Å². The molecule has 0 aliphatic heterocycles. The number of carbonyl (C=O) groups excluding carboxylic acids is 1. The van der Waals surface area contributed by atoms with Crippen molar-refractivity contribution >= 4 is 17.1 Å². The Balaban J connectivity index is 1.39. The maximum Gasteiger partial charge on any atom is 0.419 e. The summed E-state index contributed by atoms with van der Waals surface area (Å²) in [5.41, 5.74) is 3.03. The summed E-state index contributed by atoms with van der Waals surface area (Å²) in [7, 11) is 0. The van der Waals surface area contributed by atoms with E-state index in [9.17, 15) is 9.59 Å². The zero-order valence-electron chi connectivity index (χ0n) is 16.0. The average molecular weight is 393 g/mol. The second-order valence-electron chi connectivity index (χ2n) is 6.68. The molecule has 8 heteroatoms. The molecular formula is C21H19N3O5. The van der Waals surface area contributed by atoms with Crippen molar-refractivity contribution < 1.29 is 18.4 Å². The number of esters is 1. The first-order valence-corrected chi connectivity index (χ1v) is 9.19. The molecular weight excluding hydrogens is 374 g/mol. The molecule has 0 unspecified atom stereocenters. The molecule has 2 heterocycles. The summed E-state index contributed by atoms with van der Waals surface area (Å²) in [6, 6.07) is 14.7. The van der Waals surface area contributed by atoms with Gasteiger partial charge in [0.2, 0.25) is 5.89 Å². The van der Waals surface area contributed by atoms with Crippen molar-refractivity contribution in [3.05, 3.63) is 70.5 Å². The Labute approximate surface area is 165 Å². The van der Waals surface area contributed by atoms with E-state index >= 15 is 0 Å². The molecule has 8 nitrogen and oxygen atoms in total. The summed E-state index contributed by atoms with van der Waals surface area (Å²) in [6.07, 6.45) is -0.695. The van der Waals surface area contributed by atoms with E-state index in [1.165, 1.54) is 4.57 Å². The van der Waals surface area contributed by atoms with Crippen LogP contribution in [0.5, 0.6) is 0 Å². The number of carbonyl (C=O) groups is 1. The van der Waals surface area contributed by atoms with Gasteiger partial charge in [0.25, 0.3) is 5.89 Å². The fourth-order valence-corrected chi connectivity index (χ4v) is 2.95. The lowest BCUT2D eigenvalue weighted by atomic mass is 10.1. The van der Waals surface area contributed by atoms with Crippen molar-refractivity contribution in [2.45, 2.75) is 32.9 Å². The number of nitrogens with zero attached hydrogens (tertiary/aromatic N) is 3. The third-order valence-electron chi connectivity index (χ3n) is 4.51. The molecule has 148 valence electrons. The average Bonchev–Trinajstić information content (AvgIpc) is 3.31. The fourth-order valence-electron chi connectivity index (χ4n) is 2.95. The molecule has 0 radical (unpaired) electrons. The van der Waals surface area contributed by atoms with Gasteiger partial charge in [-0.3, -0.25) is 9.36 Å². The predicted molar refractivity (Wildman–Crippen MR) is 104 cm³/mol. The van der Waals surface area contributed by atoms with Crippen LogP contribution in [0.4, 0.5) is 0 Å². The third kappa shape index (κ3) is 3.96. The van der Waals surface area contributed by atoms with Gasteiger partial charge in [0, 0.05) is 12.1 Å². The normalized spacial score (nSPS) is 12.2. The maximum atomic E-state index is 12.2. The van der Waals surface area contributed by atoms with Crippen LogP contribution in [0.15, 0.2) is 62.2 Å². The highest BCUT2D eigenvalue weighted by atomic mass is 16.6. The number of aryl methyl sites for hydroxylation is 2. The van der Waals surface area contributed by atoms with Crippen LogP contribution >= 0.6 is 0 Å². The van der Waals surface area contributed by atoms with Gasteiger partial charge in [-0.05, 0) is 38.1 Å². The van der Waals surface area contributed by atoms with Crippen LogP contribution in [0.2, 0.25) is 0 Å². The highest BCUT2D eigenvalue weighted by Gasteiger charge is 2.19. The second-order valence-corrected chi connectivity index (χ2v) is 6.68. The molecule has 0 N–H and O–H groups in total. The van der Waals surface area contributed by atoms with Crippen LogP contribution in [0.25, 0.3) is 22.6 Å². The van der Waals surface area contributed by atoms with Crippen molar-refractivity contribution in [3.63, 3.8) is 0 Å². The van der Waals surface area contributed by atoms with Crippen molar-refractivity contribution in [1.29, 1.82) is 0 Å². The number of fused-ring (bicyclic) bond motifs is 1. The number of oxazole rings is 1. The molecule has 1 atom stereocenters. The van der Waals surface area contributed by atoms with E-state index in [0.717, 1.165) is 11.1 Å². The van der Waals surface area contributed by atoms with Crippen LogP contribution in [0, 0.1) is 6.92 Å². The largest absolute Gasteiger partial charge is 0.453 e. The summed E-state index contributed by atoms with van der Waals surface area (Å²) in [5, 5.41) is 7.98. The van der Waals surface area contributed by atoms with Crippen LogP contribution in [0.3, 0.4) is 0 Å². The molecule has 0 aliphatic rings. The lowest BCUT2D eigenvalue weighted by Gasteiger charge is -2.09. The SMILES string of the molecule is Cc1ccc(-c2nnc([C@@H](C)OC(=O)CCn3c(=O)oc4ccccc43)o2)cc1. The molecule has 0 amide bonds. The van der Waals surface area contributed by atoms with E-state index < -0.39 is 17.8 Å². The smallest absolute Gasteiger partial charge is 0.419 e. The summed E-state index contributed by atoms with van der Waals surface area (Å²) < 4.78 is 17.6. The highest BCUT2D eigenvalue weighted by molar-refractivity contribution is 5.73. The zero-order chi connectivity index (χ0) is 20.4. The monoisotopic (exact) mass is 393 g/mol. The van der Waals surface area contributed by atoms with Gasteiger partial charge in [0.15, 0.2) is 11.7 Å².